The van der Waals surface area contributed by atoms with Gasteiger partial charge in [0, 0.05) is 29.9 Å². The maximum atomic E-state index is 11.5. The highest BCUT2D eigenvalue weighted by molar-refractivity contribution is 14.1. The van der Waals surface area contributed by atoms with E-state index in [9.17, 15) is 4.79 Å². The molecule has 104 valence electrons. The lowest BCUT2D eigenvalue weighted by Gasteiger charge is -2.23. The fourth-order valence-electron chi connectivity index (χ4n) is 2.66. The van der Waals surface area contributed by atoms with Crippen molar-refractivity contribution in [1.82, 2.24) is 10.6 Å². The number of thiophene rings is 1. The number of carbonyl (C=O) groups excluding carboxylic acids is 1. The molecule has 0 aliphatic heterocycles. The molecule has 1 aromatic heterocycles. The second-order valence-corrected chi connectivity index (χ2v) is 8.42. The molecule has 19 heavy (non-hydrogen) atoms. The predicted octanol–water partition coefficient (Wildman–Crippen LogP) is 2.85. The molecule has 0 spiro atoms. The smallest absolute Gasteiger partial charge is 0.223 e. The van der Waals surface area contributed by atoms with Gasteiger partial charge in [-0.2, -0.15) is 0 Å². The van der Waals surface area contributed by atoms with E-state index in [2.05, 4.69) is 39.3 Å². The van der Waals surface area contributed by atoms with Crippen LogP contribution in [0.5, 0.6) is 0 Å². The highest BCUT2D eigenvalue weighted by atomic mass is 127. The number of aryl methyl sites for hydroxylation is 1. The van der Waals surface area contributed by atoms with Crippen molar-refractivity contribution < 1.29 is 4.79 Å². The average Bonchev–Trinajstić information content (AvgIpc) is 3.16. The van der Waals surface area contributed by atoms with Gasteiger partial charge in [0.2, 0.25) is 5.91 Å². The zero-order chi connectivity index (χ0) is 13.2. The number of amides is 1. The van der Waals surface area contributed by atoms with Gasteiger partial charge in [-0.15, -0.1) is 11.3 Å². The van der Waals surface area contributed by atoms with Gasteiger partial charge in [-0.25, -0.2) is 0 Å². The Labute approximate surface area is 131 Å². The molecule has 1 aromatic rings. The first-order chi connectivity index (χ1) is 9.24. The quantitative estimate of drug-likeness (QED) is 0.600. The van der Waals surface area contributed by atoms with Gasteiger partial charge in [-0.3, -0.25) is 4.79 Å². The lowest BCUT2D eigenvalue weighted by Crippen LogP contribution is -2.35. The summed E-state index contributed by atoms with van der Waals surface area (Å²) in [5.74, 6) is 0.566. The number of fused-ring (bicyclic) bond motifs is 1. The standard InChI is InChI=1S/C14H19IN2OS/c15-13-8-10-11(2-1-3-12(10)19-13)16-6-7-17-14(18)9-4-5-9/h8-9,11,16H,1-7H2,(H,17,18). The fraction of sp³-hybridized carbons (Fsp3) is 0.643. The summed E-state index contributed by atoms with van der Waals surface area (Å²) in [6, 6.07) is 2.81. The predicted molar refractivity (Wildman–Crippen MR) is 86.5 cm³/mol. The minimum atomic E-state index is 0.246. The molecule has 1 heterocycles. The zero-order valence-corrected chi connectivity index (χ0v) is 13.9. The summed E-state index contributed by atoms with van der Waals surface area (Å²) in [7, 11) is 0. The van der Waals surface area contributed by atoms with Crippen LogP contribution in [0.2, 0.25) is 0 Å². The third kappa shape index (κ3) is 3.49. The van der Waals surface area contributed by atoms with Crippen LogP contribution < -0.4 is 10.6 Å². The molecular weight excluding hydrogens is 371 g/mol. The number of rotatable bonds is 5. The SMILES string of the molecule is O=C(NCCNC1CCCc2sc(I)cc21)C1CC1. The highest BCUT2D eigenvalue weighted by Crippen LogP contribution is 2.36. The van der Waals surface area contributed by atoms with E-state index in [1.165, 1.54) is 27.7 Å². The van der Waals surface area contributed by atoms with Gasteiger partial charge in [0.25, 0.3) is 0 Å². The molecule has 2 aliphatic rings. The van der Waals surface area contributed by atoms with Crippen molar-refractivity contribution >= 4 is 39.8 Å². The van der Waals surface area contributed by atoms with Gasteiger partial charge >= 0.3 is 0 Å². The first-order valence-electron chi connectivity index (χ1n) is 7.03. The van der Waals surface area contributed by atoms with E-state index in [0.717, 1.165) is 25.9 Å². The van der Waals surface area contributed by atoms with Crippen molar-refractivity contribution in [3.8, 4) is 0 Å². The van der Waals surface area contributed by atoms with Crippen LogP contribution in [-0.2, 0) is 11.2 Å². The molecule has 3 nitrogen and oxygen atoms in total. The third-order valence-electron chi connectivity index (χ3n) is 3.85. The molecule has 1 atom stereocenters. The number of carbonyl (C=O) groups is 1. The lowest BCUT2D eigenvalue weighted by atomic mass is 9.94. The summed E-state index contributed by atoms with van der Waals surface area (Å²) in [4.78, 5) is 13.1. The first kappa shape index (κ1) is 13.8. The van der Waals surface area contributed by atoms with Crippen LogP contribution in [0.15, 0.2) is 6.07 Å². The van der Waals surface area contributed by atoms with E-state index in [1.807, 2.05) is 11.3 Å². The van der Waals surface area contributed by atoms with Crippen LogP contribution in [-0.4, -0.2) is 19.0 Å². The number of hydrogen-bond acceptors (Lipinski definition) is 3. The Bertz CT molecular complexity index is 470. The molecule has 1 fully saturated rings. The zero-order valence-electron chi connectivity index (χ0n) is 10.9. The van der Waals surface area contributed by atoms with Crippen LogP contribution in [0.25, 0.3) is 0 Å². The van der Waals surface area contributed by atoms with Crippen LogP contribution in [0, 0.1) is 8.80 Å². The van der Waals surface area contributed by atoms with Crippen molar-refractivity contribution in [2.75, 3.05) is 13.1 Å². The van der Waals surface area contributed by atoms with Gasteiger partial charge in [0.1, 0.15) is 0 Å². The number of hydrogen-bond donors (Lipinski definition) is 2. The molecule has 2 N–H and O–H groups in total. The van der Waals surface area contributed by atoms with Crippen LogP contribution >= 0.6 is 33.9 Å². The number of halogens is 1. The molecule has 1 unspecified atom stereocenters. The van der Waals surface area contributed by atoms with E-state index < -0.39 is 0 Å². The van der Waals surface area contributed by atoms with Crippen molar-refractivity contribution in [2.24, 2.45) is 5.92 Å². The minimum absolute atomic E-state index is 0.246. The fourth-order valence-corrected chi connectivity index (χ4v) is 4.77. The molecule has 2 aliphatic carbocycles. The minimum Gasteiger partial charge on any atom is -0.355 e. The summed E-state index contributed by atoms with van der Waals surface area (Å²) < 4.78 is 1.39. The highest BCUT2D eigenvalue weighted by Gasteiger charge is 2.29. The Hall–Kier alpha value is -0.140. The summed E-state index contributed by atoms with van der Waals surface area (Å²) in [5.41, 5.74) is 1.49. The summed E-state index contributed by atoms with van der Waals surface area (Å²) in [6.45, 7) is 1.62. The van der Waals surface area contributed by atoms with E-state index >= 15 is 0 Å². The molecule has 0 radical (unpaired) electrons. The maximum absolute atomic E-state index is 11.5. The Morgan fingerprint density at radius 1 is 1.37 bits per heavy atom. The molecule has 5 heteroatoms. The molecule has 1 amide bonds. The summed E-state index contributed by atoms with van der Waals surface area (Å²) in [6.07, 6.45) is 5.89. The van der Waals surface area contributed by atoms with Crippen molar-refractivity contribution in [3.05, 3.63) is 19.4 Å². The largest absolute Gasteiger partial charge is 0.355 e. The molecule has 3 rings (SSSR count). The number of nitrogens with one attached hydrogen (secondary N) is 2. The Morgan fingerprint density at radius 3 is 3.00 bits per heavy atom. The summed E-state index contributed by atoms with van der Waals surface area (Å²) >= 11 is 4.34. The molecular formula is C14H19IN2OS. The van der Waals surface area contributed by atoms with E-state index in [-0.39, 0.29) is 5.91 Å². The molecule has 0 aromatic carbocycles. The average molecular weight is 390 g/mol. The monoisotopic (exact) mass is 390 g/mol. The molecule has 1 saturated carbocycles. The Kier molecular flexibility index (Phi) is 4.44. The van der Waals surface area contributed by atoms with Gasteiger partial charge in [0.15, 0.2) is 0 Å². The van der Waals surface area contributed by atoms with E-state index in [0.29, 0.717) is 12.0 Å². The van der Waals surface area contributed by atoms with Gasteiger partial charge in [-0.1, -0.05) is 0 Å². The Balaban J connectivity index is 1.46. The molecule has 0 saturated heterocycles. The normalized spacial score (nSPS) is 22.1. The van der Waals surface area contributed by atoms with Crippen LogP contribution in [0.1, 0.15) is 42.2 Å². The van der Waals surface area contributed by atoms with Gasteiger partial charge in [-0.05, 0) is 66.3 Å². The lowest BCUT2D eigenvalue weighted by molar-refractivity contribution is -0.122. The maximum Gasteiger partial charge on any atom is 0.223 e. The van der Waals surface area contributed by atoms with E-state index in [1.54, 1.807) is 4.88 Å². The van der Waals surface area contributed by atoms with Gasteiger partial charge in [0.05, 0.1) is 2.88 Å². The summed E-state index contributed by atoms with van der Waals surface area (Å²) in [5, 5.41) is 6.61. The third-order valence-corrected chi connectivity index (χ3v) is 5.82. The van der Waals surface area contributed by atoms with Crippen molar-refractivity contribution in [2.45, 2.75) is 38.1 Å². The van der Waals surface area contributed by atoms with Gasteiger partial charge < -0.3 is 10.6 Å². The second kappa shape index (κ2) is 6.10. The molecule has 0 bridgehead atoms. The van der Waals surface area contributed by atoms with Crippen molar-refractivity contribution in [1.29, 1.82) is 0 Å². The van der Waals surface area contributed by atoms with Crippen molar-refractivity contribution in [3.63, 3.8) is 0 Å². The first-order valence-corrected chi connectivity index (χ1v) is 8.93. The Morgan fingerprint density at radius 2 is 2.21 bits per heavy atom. The van der Waals surface area contributed by atoms with E-state index in [4.69, 9.17) is 0 Å². The topological polar surface area (TPSA) is 41.1 Å². The van der Waals surface area contributed by atoms with Crippen LogP contribution in [0.4, 0.5) is 0 Å². The second-order valence-electron chi connectivity index (χ2n) is 5.39. The van der Waals surface area contributed by atoms with Crippen LogP contribution in [0.3, 0.4) is 0 Å².